The van der Waals surface area contributed by atoms with E-state index < -0.39 is 5.82 Å². The molecule has 2 heterocycles. The van der Waals surface area contributed by atoms with E-state index in [9.17, 15) is 4.39 Å². The van der Waals surface area contributed by atoms with Crippen LogP contribution in [-0.2, 0) is 0 Å². The van der Waals surface area contributed by atoms with E-state index in [1.807, 2.05) is 37.3 Å². The van der Waals surface area contributed by atoms with Crippen molar-refractivity contribution >= 4 is 16.8 Å². The lowest BCUT2D eigenvalue weighted by molar-refractivity contribution is 0.597. The van der Waals surface area contributed by atoms with Gasteiger partial charge >= 0.3 is 0 Å². The molecule has 0 saturated carbocycles. The van der Waals surface area contributed by atoms with Gasteiger partial charge in [-0.25, -0.2) is 14.4 Å². The van der Waals surface area contributed by atoms with E-state index in [0.29, 0.717) is 23.8 Å². The van der Waals surface area contributed by atoms with Gasteiger partial charge in [-0.05, 0) is 25.5 Å². The molecule has 0 amide bonds. The molecule has 4 nitrogen and oxygen atoms in total. The summed E-state index contributed by atoms with van der Waals surface area (Å²) in [5, 5.41) is 3.95. The lowest BCUT2D eigenvalue weighted by Crippen LogP contribution is -2.08. The standard InChI is InChI=1S/C16H16FN3O/c1-3-8-18-16-14(17)10(2)19-15(20-16)13-9-11-6-4-5-7-12(11)21-13/h4-7,9H,3,8H2,1-2H3,(H,18,19,20). The second kappa shape index (κ2) is 5.52. The molecule has 0 fully saturated rings. The third kappa shape index (κ3) is 2.59. The molecule has 3 rings (SSSR count). The highest BCUT2D eigenvalue weighted by Crippen LogP contribution is 2.27. The Morgan fingerprint density at radius 1 is 1.24 bits per heavy atom. The maximum atomic E-state index is 14.0. The Morgan fingerprint density at radius 3 is 2.81 bits per heavy atom. The minimum Gasteiger partial charge on any atom is -0.453 e. The average Bonchev–Trinajstić information content (AvgIpc) is 2.92. The van der Waals surface area contributed by atoms with E-state index in [4.69, 9.17) is 4.42 Å². The second-order valence-electron chi connectivity index (χ2n) is 4.87. The number of para-hydroxylation sites is 1. The molecule has 0 unspecified atom stereocenters. The number of hydrogen-bond acceptors (Lipinski definition) is 4. The zero-order valence-corrected chi connectivity index (χ0v) is 12.0. The van der Waals surface area contributed by atoms with E-state index in [1.54, 1.807) is 6.92 Å². The van der Waals surface area contributed by atoms with Gasteiger partial charge in [0.1, 0.15) is 5.58 Å². The van der Waals surface area contributed by atoms with E-state index in [1.165, 1.54) is 0 Å². The van der Waals surface area contributed by atoms with Crippen LogP contribution in [0.4, 0.5) is 10.2 Å². The first kappa shape index (κ1) is 13.5. The van der Waals surface area contributed by atoms with Crippen LogP contribution in [0.1, 0.15) is 19.0 Å². The number of nitrogens with zero attached hydrogens (tertiary/aromatic N) is 2. The van der Waals surface area contributed by atoms with Crippen LogP contribution < -0.4 is 5.32 Å². The van der Waals surface area contributed by atoms with E-state index >= 15 is 0 Å². The van der Waals surface area contributed by atoms with Gasteiger partial charge in [0.2, 0.25) is 0 Å². The minimum absolute atomic E-state index is 0.222. The highest BCUT2D eigenvalue weighted by atomic mass is 19.1. The summed E-state index contributed by atoms with van der Waals surface area (Å²) < 4.78 is 19.7. The van der Waals surface area contributed by atoms with E-state index in [-0.39, 0.29) is 5.82 Å². The zero-order valence-electron chi connectivity index (χ0n) is 12.0. The fraction of sp³-hybridized carbons (Fsp3) is 0.250. The van der Waals surface area contributed by atoms with Gasteiger partial charge in [0.05, 0.1) is 5.69 Å². The summed E-state index contributed by atoms with van der Waals surface area (Å²) in [7, 11) is 0. The first-order valence-electron chi connectivity index (χ1n) is 6.96. The van der Waals surface area contributed by atoms with Crippen molar-refractivity contribution in [2.45, 2.75) is 20.3 Å². The molecule has 3 aromatic rings. The molecule has 5 heteroatoms. The van der Waals surface area contributed by atoms with Crippen molar-refractivity contribution in [3.05, 3.63) is 41.8 Å². The first-order chi connectivity index (χ1) is 10.2. The predicted molar refractivity (Wildman–Crippen MR) is 80.7 cm³/mol. The smallest absolute Gasteiger partial charge is 0.198 e. The highest BCUT2D eigenvalue weighted by Gasteiger charge is 2.15. The summed E-state index contributed by atoms with van der Waals surface area (Å²) in [5.41, 5.74) is 1.07. The van der Waals surface area contributed by atoms with Crippen LogP contribution in [0.25, 0.3) is 22.6 Å². The van der Waals surface area contributed by atoms with Gasteiger partial charge in [0.15, 0.2) is 23.2 Å². The Kier molecular flexibility index (Phi) is 3.56. The molecular formula is C16H16FN3O. The van der Waals surface area contributed by atoms with Crippen molar-refractivity contribution in [3.63, 3.8) is 0 Å². The molecular weight excluding hydrogens is 269 g/mol. The Hall–Kier alpha value is -2.43. The molecule has 0 saturated heterocycles. The molecule has 2 aromatic heterocycles. The highest BCUT2D eigenvalue weighted by molar-refractivity contribution is 5.81. The fourth-order valence-corrected chi connectivity index (χ4v) is 2.12. The molecule has 0 aliphatic heterocycles. The van der Waals surface area contributed by atoms with Gasteiger partial charge in [0, 0.05) is 11.9 Å². The quantitative estimate of drug-likeness (QED) is 0.782. The maximum absolute atomic E-state index is 14.0. The van der Waals surface area contributed by atoms with E-state index in [0.717, 1.165) is 17.4 Å². The summed E-state index contributed by atoms with van der Waals surface area (Å²) >= 11 is 0. The van der Waals surface area contributed by atoms with Crippen molar-refractivity contribution in [3.8, 4) is 11.6 Å². The Balaban J connectivity index is 2.06. The van der Waals surface area contributed by atoms with Crippen LogP contribution in [-0.4, -0.2) is 16.5 Å². The molecule has 1 N–H and O–H groups in total. The van der Waals surface area contributed by atoms with Crippen LogP contribution in [0.3, 0.4) is 0 Å². The number of nitrogens with one attached hydrogen (secondary N) is 1. The van der Waals surface area contributed by atoms with E-state index in [2.05, 4.69) is 15.3 Å². The first-order valence-corrected chi connectivity index (χ1v) is 6.96. The largest absolute Gasteiger partial charge is 0.453 e. The van der Waals surface area contributed by atoms with Gasteiger partial charge in [-0.2, -0.15) is 0 Å². The monoisotopic (exact) mass is 285 g/mol. The molecule has 0 aliphatic carbocycles. The number of aryl methyl sites for hydroxylation is 1. The summed E-state index contributed by atoms with van der Waals surface area (Å²) in [6.07, 6.45) is 0.891. The normalized spacial score (nSPS) is 11.0. The predicted octanol–water partition coefficient (Wildman–Crippen LogP) is 4.16. The summed E-state index contributed by atoms with van der Waals surface area (Å²) in [4.78, 5) is 8.43. The molecule has 21 heavy (non-hydrogen) atoms. The number of rotatable bonds is 4. The summed E-state index contributed by atoms with van der Waals surface area (Å²) in [6.45, 7) is 4.30. The summed E-state index contributed by atoms with van der Waals surface area (Å²) in [6, 6.07) is 9.54. The van der Waals surface area contributed by atoms with Crippen LogP contribution >= 0.6 is 0 Å². The molecule has 0 spiro atoms. The average molecular weight is 285 g/mol. The lowest BCUT2D eigenvalue weighted by Gasteiger charge is -2.08. The van der Waals surface area contributed by atoms with Gasteiger partial charge in [-0.1, -0.05) is 25.1 Å². The third-order valence-electron chi connectivity index (χ3n) is 3.21. The number of benzene rings is 1. The number of furan rings is 1. The van der Waals surface area contributed by atoms with Crippen LogP contribution in [0, 0.1) is 12.7 Å². The maximum Gasteiger partial charge on any atom is 0.198 e. The van der Waals surface area contributed by atoms with Crippen LogP contribution in [0.5, 0.6) is 0 Å². The second-order valence-corrected chi connectivity index (χ2v) is 4.87. The molecule has 0 atom stereocenters. The van der Waals surface area contributed by atoms with Crippen molar-refractivity contribution in [2.75, 3.05) is 11.9 Å². The Morgan fingerprint density at radius 2 is 2.05 bits per heavy atom. The molecule has 108 valence electrons. The van der Waals surface area contributed by atoms with Gasteiger partial charge in [-0.15, -0.1) is 0 Å². The molecule has 0 aliphatic rings. The zero-order chi connectivity index (χ0) is 14.8. The van der Waals surface area contributed by atoms with Crippen molar-refractivity contribution < 1.29 is 8.81 Å². The Labute approximate surface area is 122 Å². The van der Waals surface area contributed by atoms with Gasteiger partial charge in [0.25, 0.3) is 0 Å². The van der Waals surface area contributed by atoms with Gasteiger partial charge < -0.3 is 9.73 Å². The molecule has 0 radical (unpaired) electrons. The third-order valence-corrected chi connectivity index (χ3v) is 3.21. The number of anilines is 1. The number of fused-ring (bicyclic) bond motifs is 1. The SMILES string of the molecule is CCCNc1nc(-c2cc3ccccc3o2)nc(C)c1F. The van der Waals surface area contributed by atoms with Crippen molar-refractivity contribution in [1.82, 2.24) is 9.97 Å². The fourth-order valence-electron chi connectivity index (χ4n) is 2.12. The van der Waals surface area contributed by atoms with Gasteiger partial charge in [-0.3, -0.25) is 0 Å². The molecule has 1 aromatic carbocycles. The summed E-state index contributed by atoms with van der Waals surface area (Å²) in [5.74, 6) is 0.741. The van der Waals surface area contributed by atoms with Crippen LogP contribution in [0.2, 0.25) is 0 Å². The van der Waals surface area contributed by atoms with Crippen LogP contribution in [0.15, 0.2) is 34.7 Å². The number of hydrogen-bond donors (Lipinski definition) is 1. The minimum atomic E-state index is -0.414. The topological polar surface area (TPSA) is 51.0 Å². The Bertz CT molecular complexity index is 749. The van der Waals surface area contributed by atoms with Crippen molar-refractivity contribution in [1.29, 1.82) is 0 Å². The molecule has 0 bridgehead atoms. The lowest BCUT2D eigenvalue weighted by atomic mass is 10.2. The van der Waals surface area contributed by atoms with Crippen molar-refractivity contribution in [2.24, 2.45) is 0 Å². The number of halogens is 1. The number of aromatic nitrogens is 2.